The Balaban J connectivity index is 2.41. The standard InChI is InChI=1S/C13H19ClN2O3S/c14-12-8-10(15)5-6-13(12)20(18,19)16-7-3-1-2-4-11(16)9-17/h5-6,8,11,17H,1-4,7,9,15H2. The van der Waals surface area contributed by atoms with Crippen molar-refractivity contribution in [1.29, 1.82) is 0 Å². The molecule has 1 fully saturated rings. The molecule has 1 saturated heterocycles. The molecule has 0 radical (unpaired) electrons. The number of aliphatic hydroxyl groups is 1. The van der Waals surface area contributed by atoms with E-state index in [4.69, 9.17) is 17.3 Å². The molecule has 2 rings (SSSR count). The number of aliphatic hydroxyl groups excluding tert-OH is 1. The van der Waals surface area contributed by atoms with E-state index in [1.165, 1.54) is 22.5 Å². The summed E-state index contributed by atoms with van der Waals surface area (Å²) in [6, 6.07) is 3.99. The smallest absolute Gasteiger partial charge is 0.244 e. The van der Waals surface area contributed by atoms with Crippen molar-refractivity contribution in [2.24, 2.45) is 0 Å². The maximum atomic E-state index is 12.7. The summed E-state index contributed by atoms with van der Waals surface area (Å²) >= 11 is 6.02. The van der Waals surface area contributed by atoms with E-state index in [1.54, 1.807) is 0 Å². The van der Waals surface area contributed by atoms with Crippen LogP contribution in [0.15, 0.2) is 23.1 Å². The number of hydrogen-bond donors (Lipinski definition) is 2. The predicted molar refractivity (Wildman–Crippen MR) is 79.1 cm³/mol. The minimum atomic E-state index is -3.71. The number of rotatable bonds is 3. The van der Waals surface area contributed by atoms with Gasteiger partial charge in [-0.05, 0) is 31.0 Å². The zero-order valence-corrected chi connectivity index (χ0v) is 12.7. The van der Waals surface area contributed by atoms with Crippen LogP contribution in [-0.2, 0) is 10.0 Å². The maximum absolute atomic E-state index is 12.7. The van der Waals surface area contributed by atoms with Gasteiger partial charge in [0.05, 0.1) is 11.6 Å². The minimum absolute atomic E-state index is 0.0497. The number of anilines is 1. The first-order chi connectivity index (χ1) is 9.46. The molecule has 0 bridgehead atoms. The maximum Gasteiger partial charge on any atom is 0.244 e. The molecule has 1 atom stereocenters. The van der Waals surface area contributed by atoms with Gasteiger partial charge in [0.25, 0.3) is 0 Å². The van der Waals surface area contributed by atoms with Crippen LogP contribution in [0.2, 0.25) is 5.02 Å². The van der Waals surface area contributed by atoms with Gasteiger partial charge in [0.1, 0.15) is 4.90 Å². The van der Waals surface area contributed by atoms with Gasteiger partial charge in [0.15, 0.2) is 0 Å². The third kappa shape index (κ3) is 3.09. The third-order valence-corrected chi connectivity index (χ3v) is 6.01. The van der Waals surface area contributed by atoms with Crippen LogP contribution in [0.5, 0.6) is 0 Å². The molecule has 1 unspecified atom stereocenters. The SMILES string of the molecule is Nc1ccc(S(=O)(=O)N2CCCCCC2CO)c(Cl)c1. The second-order valence-electron chi connectivity index (χ2n) is 4.99. The molecule has 112 valence electrons. The topological polar surface area (TPSA) is 83.6 Å². The molecule has 0 aliphatic carbocycles. The van der Waals surface area contributed by atoms with Gasteiger partial charge in [-0.1, -0.05) is 24.4 Å². The molecule has 7 heteroatoms. The first kappa shape index (κ1) is 15.6. The highest BCUT2D eigenvalue weighted by Crippen LogP contribution is 2.30. The van der Waals surface area contributed by atoms with E-state index < -0.39 is 10.0 Å². The van der Waals surface area contributed by atoms with Gasteiger partial charge < -0.3 is 10.8 Å². The highest BCUT2D eigenvalue weighted by atomic mass is 35.5. The van der Waals surface area contributed by atoms with Crippen molar-refractivity contribution < 1.29 is 13.5 Å². The molecular formula is C13H19ClN2O3S. The van der Waals surface area contributed by atoms with E-state index in [9.17, 15) is 13.5 Å². The molecule has 0 saturated carbocycles. The van der Waals surface area contributed by atoms with Crippen LogP contribution in [0.1, 0.15) is 25.7 Å². The van der Waals surface area contributed by atoms with Gasteiger partial charge in [-0.2, -0.15) is 4.31 Å². The molecule has 20 heavy (non-hydrogen) atoms. The van der Waals surface area contributed by atoms with Gasteiger partial charge in [-0.15, -0.1) is 0 Å². The first-order valence-corrected chi connectivity index (χ1v) is 8.46. The highest BCUT2D eigenvalue weighted by Gasteiger charge is 2.33. The lowest BCUT2D eigenvalue weighted by Crippen LogP contribution is -2.42. The van der Waals surface area contributed by atoms with Crippen LogP contribution in [0.3, 0.4) is 0 Å². The molecule has 3 N–H and O–H groups in total. The van der Waals surface area contributed by atoms with E-state index in [-0.39, 0.29) is 22.6 Å². The Morgan fingerprint density at radius 2 is 2.10 bits per heavy atom. The summed E-state index contributed by atoms with van der Waals surface area (Å²) in [5, 5.41) is 9.57. The summed E-state index contributed by atoms with van der Waals surface area (Å²) in [7, 11) is -3.71. The lowest BCUT2D eigenvalue weighted by atomic mass is 10.1. The molecule has 0 aromatic heterocycles. The fraction of sp³-hybridized carbons (Fsp3) is 0.538. The fourth-order valence-electron chi connectivity index (χ4n) is 2.50. The van der Waals surface area contributed by atoms with Crippen molar-refractivity contribution in [2.75, 3.05) is 18.9 Å². The Bertz CT molecular complexity index is 577. The third-order valence-electron chi connectivity index (χ3n) is 3.58. The average Bonchev–Trinajstić information content (AvgIpc) is 2.63. The molecule has 1 aromatic carbocycles. The minimum Gasteiger partial charge on any atom is -0.399 e. The monoisotopic (exact) mass is 318 g/mol. The summed E-state index contributed by atoms with van der Waals surface area (Å²) in [5.41, 5.74) is 6.01. The van der Waals surface area contributed by atoms with Crippen LogP contribution in [-0.4, -0.2) is 37.0 Å². The predicted octanol–water partition coefficient (Wildman–Crippen LogP) is 1.85. The van der Waals surface area contributed by atoms with Crippen molar-refractivity contribution in [2.45, 2.75) is 36.6 Å². The molecular weight excluding hydrogens is 300 g/mol. The van der Waals surface area contributed by atoms with Crippen LogP contribution in [0.4, 0.5) is 5.69 Å². The summed E-state index contributed by atoms with van der Waals surface area (Å²) in [5.74, 6) is 0. The normalized spacial score (nSPS) is 21.6. The van der Waals surface area contributed by atoms with Gasteiger partial charge in [0, 0.05) is 18.3 Å². The van der Waals surface area contributed by atoms with Crippen molar-refractivity contribution in [3.63, 3.8) is 0 Å². The zero-order valence-electron chi connectivity index (χ0n) is 11.1. The van der Waals surface area contributed by atoms with Gasteiger partial charge in [-0.25, -0.2) is 8.42 Å². The molecule has 1 aliphatic heterocycles. The van der Waals surface area contributed by atoms with Crippen LogP contribution in [0.25, 0.3) is 0 Å². The second-order valence-corrected chi connectivity index (χ2v) is 7.26. The lowest BCUT2D eigenvalue weighted by Gasteiger charge is -2.28. The molecule has 0 amide bonds. The van der Waals surface area contributed by atoms with E-state index in [0.29, 0.717) is 18.7 Å². The Morgan fingerprint density at radius 3 is 2.75 bits per heavy atom. The number of sulfonamides is 1. The van der Waals surface area contributed by atoms with Crippen LogP contribution >= 0.6 is 11.6 Å². The number of hydrogen-bond acceptors (Lipinski definition) is 4. The lowest BCUT2D eigenvalue weighted by molar-refractivity contribution is 0.186. The molecule has 5 nitrogen and oxygen atoms in total. The van der Waals surface area contributed by atoms with Crippen molar-refractivity contribution in [1.82, 2.24) is 4.31 Å². The van der Waals surface area contributed by atoms with E-state index in [0.717, 1.165) is 19.3 Å². The number of halogens is 1. The summed E-state index contributed by atoms with van der Waals surface area (Å²) in [4.78, 5) is 0.0497. The highest BCUT2D eigenvalue weighted by molar-refractivity contribution is 7.89. The Kier molecular flexibility index (Phi) is 4.90. The number of nitrogens with zero attached hydrogens (tertiary/aromatic N) is 1. The second kappa shape index (κ2) is 6.30. The largest absolute Gasteiger partial charge is 0.399 e. The van der Waals surface area contributed by atoms with E-state index in [1.807, 2.05) is 0 Å². The number of benzene rings is 1. The van der Waals surface area contributed by atoms with E-state index in [2.05, 4.69) is 0 Å². The van der Waals surface area contributed by atoms with Gasteiger partial charge in [0.2, 0.25) is 10.0 Å². The number of nitrogens with two attached hydrogens (primary N) is 1. The van der Waals surface area contributed by atoms with Crippen molar-refractivity contribution in [3.8, 4) is 0 Å². The number of nitrogen functional groups attached to an aromatic ring is 1. The first-order valence-electron chi connectivity index (χ1n) is 6.64. The fourth-order valence-corrected chi connectivity index (χ4v) is 4.72. The summed E-state index contributed by atoms with van der Waals surface area (Å²) in [6.45, 7) is 0.236. The van der Waals surface area contributed by atoms with Gasteiger partial charge in [-0.3, -0.25) is 0 Å². The van der Waals surface area contributed by atoms with Crippen molar-refractivity contribution >= 4 is 27.3 Å². The Hall–Kier alpha value is -0.820. The van der Waals surface area contributed by atoms with Gasteiger partial charge >= 0.3 is 0 Å². The summed E-state index contributed by atoms with van der Waals surface area (Å²) < 4.78 is 26.8. The quantitative estimate of drug-likeness (QED) is 0.833. The molecule has 0 spiro atoms. The van der Waals surface area contributed by atoms with Crippen LogP contribution in [0, 0.1) is 0 Å². The zero-order chi connectivity index (χ0) is 14.8. The Morgan fingerprint density at radius 1 is 1.35 bits per heavy atom. The van der Waals surface area contributed by atoms with E-state index >= 15 is 0 Å². The molecule has 1 aromatic rings. The van der Waals surface area contributed by atoms with Crippen molar-refractivity contribution in [3.05, 3.63) is 23.2 Å². The van der Waals surface area contributed by atoms with Crippen LogP contribution < -0.4 is 5.73 Å². The summed E-state index contributed by atoms with van der Waals surface area (Å²) in [6.07, 6.45) is 3.36. The average molecular weight is 319 g/mol. The molecule has 1 aliphatic rings. The Labute approximate surface area is 124 Å². The molecule has 1 heterocycles.